The maximum atomic E-state index is 15.2. The van der Waals surface area contributed by atoms with Gasteiger partial charge in [-0.3, -0.25) is 9.69 Å². The average molecular weight is 651 g/mol. The van der Waals surface area contributed by atoms with Crippen LogP contribution in [0.3, 0.4) is 0 Å². The zero-order chi connectivity index (χ0) is 27.8. The fourth-order valence-corrected chi connectivity index (χ4v) is 6.17. The van der Waals surface area contributed by atoms with Gasteiger partial charge >= 0.3 is 0 Å². The van der Waals surface area contributed by atoms with E-state index in [0.717, 1.165) is 32.5 Å². The molecule has 1 heterocycles. The summed E-state index contributed by atoms with van der Waals surface area (Å²) in [5, 5.41) is 10.4. The highest BCUT2D eigenvalue weighted by atomic mass is 79.9. The van der Waals surface area contributed by atoms with E-state index >= 15 is 4.39 Å². The number of carbonyl (C=O) groups is 1. The number of carbonyl (C=O) groups excluding carboxylic acids is 1. The number of para-hydroxylation sites is 1. The summed E-state index contributed by atoms with van der Waals surface area (Å²) in [6.45, 7) is 4.30. The van der Waals surface area contributed by atoms with E-state index < -0.39 is 11.7 Å². The number of halogens is 3. The summed E-state index contributed by atoms with van der Waals surface area (Å²) in [5.74, 6) is -0.322. The van der Waals surface area contributed by atoms with Crippen molar-refractivity contribution in [2.45, 2.75) is 45.6 Å². The summed E-state index contributed by atoms with van der Waals surface area (Å²) < 4.78 is 22.7. The molecule has 1 atom stereocenters. The van der Waals surface area contributed by atoms with Crippen molar-refractivity contribution < 1.29 is 13.9 Å². The Morgan fingerprint density at radius 1 is 1.10 bits per heavy atom. The number of rotatable bonds is 5. The largest absolute Gasteiger partial charge is 0.488 e. The number of hydrogen-bond donors (Lipinski definition) is 1. The summed E-state index contributed by atoms with van der Waals surface area (Å²) in [4.78, 5) is 15.1. The van der Waals surface area contributed by atoms with Crippen molar-refractivity contribution in [1.29, 1.82) is 5.26 Å². The number of ketones is 1. The monoisotopic (exact) mass is 649 g/mol. The molecule has 8 heteroatoms. The summed E-state index contributed by atoms with van der Waals surface area (Å²) in [6, 6.07) is 18.7. The van der Waals surface area contributed by atoms with Crippen LogP contribution in [-0.4, -0.2) is 5.78 Å². The van der Waals surface area contributed by atoms with Crippen LogP contribution < -0.4 is 15.4 Å². The molecule has 3 aromatic rings. The van der Waals surface area contributed by atoms with E-state index in [0.29, 0.717) is 41.6 Å². The van der Waals surface area contributed by atoms with Crippen molar-refractivity contribution in [1.82, 2.24) is 0 Å². The van der Waals surface area contributed by atoms with Gasteiger partial charge in [-0.15, -0.1) is 0 Å². The fourth-order valence-electron chi connectivity index (χ4n) is 5.44. The van der Waals surface area contributed by atoms with Gasteiger partial charge in [-0.2, -0.15) is 5.26 Å². The van der Waals surface area contributed by atoms with Gasteiger partial charge < -0.3 is 10.5 Å². The average Bonchev–Trinajstić information content (AvgIpc) is 2.89. The predicted molar refractivity (Wildman–Crippen MR) is 156 cm³/mol. The van der Waals surface area contributed by atoms with Crippen molar-refractivity contribution in [3.8, 4) is 11.8 Å². The van der Waals surface area contributed by atoms with Crippen LogP contribution in [0.25, 0.3) is 0 Å². The second-order valence-electron chi connectivity index (χ2n) is 9.77. The molecule has 3 aromatic carbocycles. The highest BCUT2D eigenvalue weighted by molar-refractivity contribution is 9.10. The minimum absolute atomic E-state index is 0.0463. The lowest BCUT2D eigenvalue weighted by atomic mass is 9.74. The SMILES string of the molecule is Cc1cc(C)c(C2C(C#N)=C(N)N(c3ccc(Br)cc3F)C3=C2C(=O)CCC3)cc1COc1ccccc1Br. The number of aryl methyl sites for hydroxylation is 2. The zero-order valence-corrected chi connectivity index (χ0v) is 24.7. The topological polar surface area (TPSA) is 79.4 Å². The number of anilines is 1. The van der Waals surface area contributed by atoms with E-state index in [2.05, 4.69) is 37.9 Å². The van der Waals surface area contributed by atoms with Crippen molar-refractivity contribution in [3.63, 3.8) is 0 Å². The van der Waals surface area contributed by atoms with E-state index in [1.807, 2.05) is 50.2 Å². The Bertz CT molecular complexity index is 1610. The van der Waals surface area contributed by atoms with Crippen molar-refractivity contribution in [2.75, 3.05) is 4.90 Å². The molecule has 2 N–H and O–H groups in total. The molecule has 0 bridgehead atoms. The Kier molecular flexibility index (Phi) is 7.66. The van der Waals surface area contributed by atoms with E-state index in [9.17, 15) is 10.1 Å². The molecule has 2 aliphatic rings. The van der Waals surface area contributed by atoms with E-state index in [4.69, 9.17) is 10.5 Å². The molecule has 0 fully saturated rings. The van der Waals surface area contributed by atoms with Crippen LogP contribution in [0.5, 0.6) is 5.75 Å². The third-order valence-corrected chi connectivity index (χ3v) is 8.47. The number of hydrogen-bond acceptors (Lipinski definition) is 5. The van der Waals surface area contributed by atoms with Crippen LogP contribution in [0.4, 0.5) is 10.1 Å². The Labute approximate surface area is 244 Å². The molecule has 1 aliphatic heterocycles. The molecule has 39 heavy (non-hydrogen) atoms. The highest BCUT2D eigenvalue weighted by Crippen LogP contribution is 2.47. The maximum absolute atomic E-state index is 15.2. The molecule has 5 rings (SSSR count). The Morgan fingerprint density at radius 3 is 2.59 bits per heavy atom. The fraction of sp³-hybridized carbons (Fsp3) is 0.226. The first kappa shape index (κ1) is 27.2. The molecule has 0 radical (unpaired) electrons. The van der Waals surface area contributed by atoms with E-state index in [-0.39, 0.29) is 22.9 Å². The first-order valence-corrected chi connectivity index (χ1v) is 14.2. The number of benzene rings is 3. The Hall–Kier alpha value is -3.41. The van der Waals surface area contributed by atoms with Gasteiger partial charge in [0.1, 0.15) is 24.0 Å². The number of nitrogens with zero attached hydrogens (tertiary/aromatic N) is 2. The standard InChI is InChI=1S/C31H26Br2FN3O2/c1-17-12-18(2)21(13-19(17)16-39-28-9-4-3-6-23(28)33)29-22(15-35)31(36)37(25-11-10-20(32)14-24(25)34)26-7-5-8-27(38)30(26)29/h3-4,6,9-14,29H,5,7-8,16,36H2,1-2H3. The van der Waals surface area contributed by atoms with Gasteiger partial charge in [0.15, 0.2) is 5.78 Å². The molecule has 1 aliphatic carbocycles. The summed E-state index contributed by atoms with van der Waals surface area (Å²) >= 11 is 6.82. The first-order chi connectivity index (χ1) is 18.7. The molecule has 0 amide bonds. The molecule has 0 aromatic heterocycles. The smallest absolute Gasteiger partial charge is 0.161 e. The lowest BCUT2D eigenvalue weighted by molar-refractivity contribution is -0.116. The number of nitrogens with two attached hydrogens (primary N) is 1. The Balaban J connectivity index is 1.65. The third-order valence-electron chi connectivity index (χ3n) is 7.32. The van der Waals surface area contributed by atoms with Crippen LogP contribution in [0.2, 0.25) is 0 Å². The van der Waals surface area contributed by atoms with Crippen LogP contribution in [0, 0.1) is 31.0 Å². The number of allylic oxidation sites excluding steroid dienone is 3. The number of ether oxygens (including phenoxy) is 1. The van der Waals surface area contributed by atoms with Gasteiger partial charge in [0.25, 0.3) is 0 Å². The maximum Gasteiger partial charge on any atom is 0.161 e. The predicted octanol–water partition coefficient (Wildman–Crippen LogP) is 7.85. The van der Waals surface area contributed by atoms with Crippen LogP contribution in [-0.2, 0) is 11.4 Å². The molecule has 5 nitrogen and oxygen atoms in total. The molecular formula is C31H26Br2FN3O2. The zero-order valence-electron chi connectivity index (χ0n) is 21.5. The van der Waals surface area contributed by atoms with Gasteiger partial charge in [-0.05, 0) is 95.2 Å². The van der Waals surface area contributed by atoms with Crippen LogP contribution >= 0.6 is 31.9 Å². The summed E-state index contributed by atoms with van der Waals surface area (Å²) in [5.41, 5.74) is 12.0. The van der Waals surface area contributed by atoms with Crippen molar-refractivity contribution in [3.05, 3.63) is 114 Å². The van der Waals surface area contributed by atoms with Crippen LogP contribution in [0.1, 0.15) is 47.4 Å². The normalized spacial score (nSPS) is 17.3. The van der Waals surface area contributed by atoms with Crippen molar-refractivity contribution in [2.24, 2.45) is 5.73 Å². The highest BCUT2D eigenvalue weighted by Gasteiger charge is 2.41. The lowest BCUT2D eigenvalue weighted by Crippen LogP contribution is -2.39. The molecule has 0 saturated carbocycles. The van der Waals surface area contributed by atoms with E-state index in [1.54, 1.807) is 17.0 Å². The minimum Gasteiger partial charge on any atom is -0.488 e. The minimum atomic E-state index is -0.643. The van der Waals surface area contributed by atoms with Crippen molar-refractivity contribution >= 4 is 43.3 Å². The third kappa shape index (κ3) is 5.02. The second-order valence-corrected chi connectivity index (χ2v) is 11.5. The molecular weight excluding hydrogens is 625 g/mol. The number of Topliss-reactive ketones (excluding diaryl/α,β-unsaturated/α-hetero) is 1. The first-order valence-electron chi connectivity index (χ1n) is 12.6. The molecule has 198 valence electrons. The van der Waals surface area contributed by atoms with Gasteiger partial charge in [0, 0.05) is 22.2 Å². The van der Waals surface area contributed by atoms with Gasteiger partial charge in [0.2, 0.25) is 0 Å². The Morgan fingerprint density at radius 2 is 1.87 bits per heavy atom. The van der Waals surface area contributed by atoms with E-state index in [1.165, 1.54) is 6.07 Å². The summed E-state index contributed by atoms with van der Waals surface area (Å²) in [7, 11) is 0. The quantitative estimate of drug-likeness (QED) is 0.304. The van der Waals surface area contributed by atoms with Gasteiger partial charge in [-0.1, -0.05) is 40.2 Å². The van der Waals surface area contributed by atoms with Crippen LogP contribution in [0.15, 0.2) is 86.2 Å². The van der Waals surface area contributed by atoms with Gasteiger partial charge in [-0.25, -0.2) is 4.39 Å². The molecule has 0 saturated heterocycles. The number of nitriles is 1. The second kappa shape index (κ2) is 11.0. The molecule has 0 spiro atoms. The summed E-state index contributed by atoms with van der Waals surface area (Å²) in [6.07, 6.45) is 1.55. The lowest BCUT2D eigenvalue weighted by Gasteiger charge is -2.40. The molecule has 1 unspecified atom stereocenters. The van der Waals surface area contributed by atoms with Gasteiger partial charge in [0.05, 0.1) is 27.7 Å².